The number of hydrogen-bond donors (Lipinski definition) is 2. The van der Waals surface area contributed by atoms with Crippen LogP contribution in [0.5, 0.6) is 0 Å². The molecule has 37 heavy (non-hydrogen) atoms. The molecule has 2 aromatic heterocycles. The highest BCUT2D eigenvalue weighted by Crippen LogP contribution is 2.35. The van der Waals surface area contributed by atoms with Crippen molar-refractivity contribution < 1.29 is 17.9 Å². The van der Waals surface area contributed by atoms with Crippen LogP contribution in [0, 0.1) is 0 Å². The fraction of sp³-hybridized carbons (Fsp3) is 0.458. The van der Waals surface area contributed by atoms with Crippen molar-refractivity contribution in [2.24, 2.45) is 0 Å². The fourth-order valence-corrected chi connectivity index (χ4v) is 5.65. The van der Waals surface area contributed by atoms with Crippen molar-refractivity contribution in [3.8, 4) is 0 Å². The van der Waals surface area contributed by atoms with Gasteiger partial charge in [-0.05, 0) is 37.5 Å². The number of benzene rings is 1. The third kappa shape index (κ3) is 5.46. The Bertz CT molecular complexity index is 1420. The largest absolute Gasteiger partial charge is 0.378 e. The fourth-order valence-electron chi connectivity index (χ4n) is 4.90. The lowest BCUT2D eigenvalue weighted by atomic mass is 9.98. The molecule has 1 atom stereocenters. The standard InChI is InChI=1S/C24H30ClN7O4S/c1-26-21-15-23(30-9-11-36-12-10-30)32-22(27-21)14-19(28-32)20-5-3-4-8-31(20)24(33)17-13-16(25)6-7-18(17)29-37(2,34)35/h6-7,13-15,20,29H,3-5,8-12H2,1-2H3,(H,26,27). The maximum Gasteiger partial charge on any atom is 0.256 e. The van der Waals surface area contributed by atoms with Crippen LogP contribution in [-0.4, -0.2) is 80.0 Å². The third-order valence-corrected chi connectivity index (χ3v) is 7.46. The summed E-state index contributed by atoms with van der Waals surface area (Å²) < 4.78 is 33.7. The van der Waals surface area contributed by atoms with Crippen molar-refractivity contribution in [2.75, 3.05) is 61.1 Å². The van der Waals surface area contributed by atoms with Gasteiger partial charge in [0.25, 0.3) is 5.91 Å². The van der Waals surface area contributed by atoms with Crippen molar-refractivity contribution in [1.82, 2.24) is 19.5 Å². The van der Waals surface area contributed by atoms with Gasteiger partial charge in [0.05, 0.1) is 42.5 Å². The van der Waals surface area contributed by atoms with E-state index >= 15 is 0 Å². The molecule has 11 nitrogen and oxygen atoms in total. The van der Waals surface area contributed by atoms with Crippen molar-refractivity contribution in [1.29, 1.82) is 0 Å². The molecule has 1 unspecified atom stereocenters. The molecular weight excluding hydrogens is 518 g/mol. The van der Waals surface area contributed by atoms with E-state index in [1.165, 1.54) is 12.1 Å². The summed E-state index contributed by atoms with van der Waals surface area (Å²) in [6.07, 6.45) is 3.56. The second kappa shape index (κ2) is 10.3. The van der Waals surface area contributed by atoms with E-state index < -0.39 is 10.0 Å². The molecule has 198 valence electrons. The molecule has 0 saturated carbocycles. The van der Waals surface area contributed by atoms with Crippen molar-refractivity contribution >= 4 is 50.5 Å². The minimum Gasteiger partial charge on any atom is -0.378 e. The normalized spacial score (nSPS) is 18.7. The zero-order valence-corrected chi connectivity index (χ0v) is 22.3. The minimum atomic E-state index is -3.59. The monoisotopic (exact) mass is 547 g/mol. The number of halogens is 1. The lowest BCUT2D eigenvalue weighted by molar-refractivity contribution is 0.0607. The molecule has 3 aromatic rings. The number of fused-ring (bicyclic) bond motifs is 1. The molecule has 2 aliphatic heterocycles. The van der Waals surface area contributed by atoms with E-state index in [4.69, 9.17) is 26.4 Å². The van der Waals surface area contributed by atoms with Gasteiger partial charge in [-0.1, -0.05) is 11.6 Å². The third-order valence-electron chi connectivity index (χ3n) is 6.63. The molecule has 2 saturated heterocycles. The van der Waals surface area contributed by atoms with Gasteiger partial charge in [-0.2, -0.15) is 9.61 Å². The van der Waals surface area contributed by atoms with Crippen molar-refractivity contribution in [3.05, 3.63) is 46.6 Å². The average molecular weight is 548 g/mol. The predicted molar refractivity (Wildman–Crippen MR) is 143 cm³/mol. The summed E-state index contributed by atoms with van der Waals surface area (Å²) in [5.74, 6) is 1.34. The number of nitrogens with zero attached hydrogens (tertiary/aromatic N) is 5. The molecule has 0 bridgehead atoms. The van der Waals surface area contributed by atoms with Crippen LogP contribution < -0.4 is 14.9 Å². The number of rotatable bonds is 6. The predicted octanol–water partition coefficient (Wildman–Crippen LogP) is 3.00. The lowest BCUT2D eigenvalue weighted by Crippen LogP contribution is -2.39. The van der Waals surface area contributed by atoms with E-state index in [1.807, 2.05) is 23.7 Å². The Balaban J connectivity index is 1.53. The minimum absolute atomic E-state index is 0.200. The zero-order chi connectivity index (χ0) is 26.2. The first-order valence-corrected chi connectivity index (χ1v) is 14.5. The van der Waals surface area contributed by atoms with Gasteiger partial charge in [-0.3, -0.25) is 9.52 Å². The number of piperidine rings is 1. The first-order valence-electron chi connectivity index (χ1n) is 12.2. The highest BCUT2D eigenvalue weighted by molar-refractivity contribution is 7.92. The Morgan fingerprint density at radius 3 is 2.65 bits per heavy atom. The maximum absolute atomic E-state index is 13.8. The van der Waals surface area contributed by atoms with E-state index in [0.717, 1.165) is 55.9 Å². The Hall–Kier alpha value is -3.09. The maximum atomic E-state index is 13.8. The molecule has 2 fully saturated rings. The SMILES string of the molecule is CNc1cc(N2CCOCC2)n2nc(C3CCCCN3C(=O)c3cc(Cl)ccc3NS(C)(=O)=O)cc2n1. The highest BCUT2D eigenvalue weighted by Gasteiger charge is 2.32. The first-order chi connectivity index (χ1) is 17.7. The van der Waals surface area contributed by atoms with E-state index in [0.29, 0.717) is 30.4 Å². The summed E-state index contributed by atoms with van der Waals surface area (Å²) in [7, 11) is -1.76. The molecular formula is C24H30ClN7O4S. The van der Waals surface area contributed by atoms with Crippen LogP contribution in [0.1, 0.15) is 41.4 Å². The van der Waals surface area contributed by atoms with Crippen LogP contribution in [0.15, 0.2) is 30.3 Å². The smallest absolute Gasteiger partial charge is 0.256 e. The number of sulfonamides is 1. The second-order valence-electron chi connectivity index (χ2n) is 9.26. The number of aromatic nitrogens is 3. The molecule has 2 aliphatic rings. The van der Waals surface area contributed by atoms with Crippen LogP contribution in [0.3, 0.4) is 0 Å². The van der Waals surface area contributed by atoms with E-state index in [2.05, 4.69) is 14.9 Å². The first kappa shape index (κ1) is 25.6. The number of amides is 1. The quantitative estimate of drug-likeness (QED) is 0.483. The Morgan fingerprint density at radius 2 is 1.92 bits per heavy atom. The molecule has 13 heteroatoms. The summed E-state index contributed by atoms with van der Waals surface area (Å²) in [5.41, 5.74) is 1.83. The number of nitrogens with one attached hydrogen (secondary N) is 2. The van der Waals surface area contributed by atoms with Gasteiger partial charge in [-0.15, -0.1) is 0 Å². The van der Waals surface area contributed by atoms with E-state index in [1.54, 1.807) is 11.0 Å². The van der Waals surface area contributed by atoms with Crippen LogP contribution in [-0.2, 0) is 14.8 Å². The van der Waals surface area contributed by atoms with Gasteiger partial charge in [0.2, 0.25) is 10.0 Å². The molecule has 4 heterocycles. The average Bonchev–Trinajstić information content (AvgIpc) is 3.32. The number of likely N-dealkylation sites (tertiary alicyclic amines) is 1. The van der Waals surface area contributed by atoms with Gasteiger partial charge in [0.1, 0.15) is 11.6 Å². The number of carbonyl (C=O) groups excluding carboxylic acids is 1. The number of carbonyl (C=O) groups is 1. The van der Waals surface area contributed by atoms with E-state index in [-0.39, 0.29) is 23.2 Å². The van der Waals surface area contributed by atoms with Crippen molar-refractivity contribution in [3.63, 3.8) is 0 Å². The molecule has 2 N–H and O–H groups in total. The summed E-state index contributed by atoms with van der Waals surface area (Å²) in [5, 5.41) is 8.40. The summed E-state index contributed by atoms with van der Waals surface area (Å²) in [6, 6.07) is 8.17. The van der Waals surface area contributed by atoms with Crippen LogP contribution in [0.25, 0.3) is 5.65 Å². The Kier molecular flexibility index (Phi) is 7.15. The zero-order valence-electron chi connectivity index (χ0n) is 20.8. The van der Waals surface area contributed by atoms with Crippen LogP contribution >= 0.6 is 11.6 Å². The van der Waals surface area contributed by atoms with Crippen molar-refractivity contribution in [2.45, 2.75) is 25.3 Å². The second-order valence-corrected chi connectivity index (χ2v) is 11.4. The van der Waals surface area contributed by atoms with Gasteiger partial charge >= 0.3 is 0 Å². The summed E-state index contributed by atoms with van der Waals surface area (Å²) >= 11 is 6.21. The Morgan fingerprint density at radius 1 is 1.14 bits per heavy atom. The molecule has 0 spiro atoms. The topological polar surface area (TPSA) is 121 Å². The van der Waals surface area contributed by atoms with Gasteiger partial charge in [0, 0.05) is 43.8 Å². The highest BCUT2D eigenvalue weighted by atomic mass is 35.5. The lowest BCUT2D eigenvalue weighted by Gasteiger charge is -2.35. The van der Waals surface area contributed by atoms with Gasteiger partial charge in [-0.25, -0.2) is 13.4 Å². The van der Waals surface area contributed by atoms with Gasteiger partial charge in [0.15, 0.2) is 5.65 Å². The molecule has 1 amide bonds. The number of ether oxygens (including phenoxy) is 1. The summed E-state index contributed by atoms with van der Waals surface area (Å²) in [6.45, 7) is 3.29. The Labute approximate surface area is 220 Å². The summed E-state index contributed by atoms with van der Waals surface area (Å²) in [4.78, 5) is 22.5. The molecule has 1 aromatic carbocycles. The number of anilines is 3. The molecule has 0 aliphatic carbocycles. The van der Waals surface area contributed by atoms with E-state index in [9.17, 15) is 13.2 Å². The number of hydrogen-bond acceptors (Lipinski definition) is 8. The number of morpholine rings is 1. The molecule has 5 rings (SSSR count). The van der Waals surface area contributed by atoms with Crippen LogP contribution in [0.4, 0.5) is 17.3 Å². The van der Waals surface area contributed by atoms with Crippen LogP contribution in [0.2, 0.25) is 5.02 Å². The van der Waals surface area contributed by atoms with Gasteiger partial charge < -0.3 is 19.9 Å². The molecule has 0 radical (unpaired) electrons.